The van der Waals surface area contributed by atoms with Gasteiger partial charge in [-0.2, -0.15) is 0 Å². The molecule has 2 atom stereocenters. The van der Waals surface area contributed by atoms with E-state index in [0.29, 0.717) is 18.0 Å². The Bertz CT molecular complexity index is 546. The molecule has 0 saturated carbocycles. The number of likely N-dealkylation sites (tertiary alicyclic amines) is 1. The molecule has 2 aliphatic rings. The molecule has 0 radical (unpaired) electrons. The predicted octanol–water partition coefficient (Wildman–Crippen LogP) is 1.69. The molecule has 6 heteroatoms. The Morgan fingerprint density at radius 2 is 2.00 bits per heavy atom. The molecule has 2 unspecified atom stereocenters. The van der Waals surface area contributed by atoms with Crippen molar-refractivity contribution in [2.45, 2.75) is 19.3 Å². The van der Waals surface area contributed by atoms with Crippen LogP contribution in [0.4, 0.5) is 0 Å². The van der Waals surface area contributed by atoms with Gasteiger partial charge in [-0.05, 0) is 43.9 Å². The highest BCUT2D eigenvalue weighted by molar-refractivity contribution is 5.94. The molecule has 1 aromatic carbocycles. The molecule has 1 aromatic rings. The van der Waals surface area contributed by atoms with Crippen molar-refractivity contribution in [2.75, 3.05) is 32.7 Å². The van der Waals surface area contributed by atoms with Gasteiger partial charge >= 0.3 is 0 Å². The largest absolute Gasteiger partial charge is 0.352 e. The van der Waals surface area contributed by atoms with Crippen LogP contribution >= 0.6 is 12.4 Å². The summed E-state index contributed by atoms with van der Waals surface area (Å²) in [5, 5.41) is 6.27. The molecular weight excluding hydrogens is 326 g/mol. The maximum Gasteiger partial charge on any atom is 0.251 e. The Labute approximate surface area is 149 Å². The van der Waals surface area contributed by atoms with E-state index in [-0.39, 0.29) is 30.1 Å². The van der Waals surface area contributed by atoms with Gasteiger partial charge in [0, 0.05) is 31.7 Å². The van der Waals surface area contributed by atoms with Crippen LogP contribution in [0.15, 0.2) is 30.3 Å². The number of rotatable bonds is 4. The number of nitrogens with zero attached hydrogens (tertiary/aromatic N) is 1. The number of carbonyl (C=O) groups excluding carboxylic acids is 2. The van der Waals surface area contributed by atoms with Crippen molar-refractivity contribution in [3.05, 3.63) is 35.9 Å². The van der Waals surface area contributed by atoms with Gasteiger partial charge in [0.1, 0.15) is 0 Å². The summed E-state index contributed by atoms with van der Waals surface area (Å²) in [4.78, 5) is 26.6. The zero-order chi connectivity index (χ0) is 16.1. The van der Waals surface area contributed by atoms with Gasteiger partial charge in [0.05, 0.1) is 5.92 Å². The van der Waals surface area contributed by atoms with E-state index in [1.165, 1.54) is 0 Å². The number of hydrogen-bond acceptors (Lipinski definition) is 3. The molecule has 3 rings (SSSR count). The second kappa shape index (κ2) is 9.04. The SMILES string of the molecule is Cl.O=C(NCC1CCCN(C(=O)C2CCNC2)C1)c1ccccc1. The third kappa shape index (κ3) is 4.71. The van der Waals surface area contributed by atoms with Gasteiger partial charge < -0.3 is 15.5 Å². The first-order valence-corrected chi connectivity index (χ1v) is 8.57. The van der Waals surface area contributed by atoms with Crippen LogP contribution in [0.3, 0.4) is 0 Å². The maximum atomic E-state index is 12.5. The zero-order valence-corrected chi connectivity index (χ0v) is 14.7. The van der Waals surface area contributed by atoms with E-state index < -0.39 is 0 Å². The average molecular weight is 352 g/mol. The van der Waals surface area contributed by atoms with E-state index in [9.17, 15) is 9.59 Å². The zero-order valence-electron chi connectivity index (χ0n) is 13.9. The monoisotopic (exact) mass is 351 g/mol. The van der Waals surface area contributed by atoms with Gasteiger partial charge in [0.25, 0.3) is 5.91 Å². The third-order valence-electron chi connectivity index (χ3n) is 4.83. The number of nitrogens with one attached hydrogen (secondary N) is 2. The number of amides is 2. The van der Waals surface area contributed by atoms with E-state index in [4.69, 9.17) is 0 Å². The molecule has 2 heterocycles. The fraction of sp³-hybridized carbons (Fsp3) is 0.556. The number of hydrogen-bond donors (Lipinski definition) is 2. The first-order chi connectivity index (χ1) is 11.2. The van der Waals surface area contributed by atoms with Gasteiger partial charge in [0.2, 0.25) is 5.91 Å². The van der Waals surface area contributed by atoms with Crippen molar-refractivity contribution in [2.24, 2.45) is 11.8 Å². The molecule has 0 aromatic heterocycles. The summed E-state index contributed by atoms with van der Waals surface area (Å²) in [5.74, 6) is 0.755. The highest BCUT2D eigenvalue weighted by atomic mass is 35.5. The average Bonchev–Trinajstić information content (AvgIpc) is 3.14. The van der Waals surface area contributed by atoms with Crippen molar-refractivity contribution < 1.29 is 9.59 Å². The summed E-state index contributed by atoms with van der Waals surface area (Å²) >= 11 is 0. The summed E-state index contributed by atoms with van der Waals surface area (Å²) in [6.45, 7) is 4.02. The lowest BCUT2D eigenvalue weighted by molar-refractivity contribution is -0.136. The second-order valence-corrected chi connectivity index (χ2v) is 6.56. The van der Waals surface area contributed by atoms with Gasteiger partial charge in [-0.1, -0.05) is 18.2 Å². The Hall–Kier alpha value is -1.59. The normalized spacial score (nSPS) is 23.4. The molecule has 0 bridgehead atoms. The molecule has 0 aliphatic carbocycles. The van der Waals surface area contributed by atoms with Gasteiger partial charge in [0.15, 0.2) is 0 Å². The third-order valence-corrected chi connectivity index (χ3v) is 4.83. The second-order valence-electron chi connectivity index (χ2n) is 6.56. The lowest BCUT2D eigenvalue weighted by Crippen LogP contribution is -2.46. The fourth-order valence-corrected chi connectivity index (χ4v) is 3.48. The first-order valence-electron chi connectivity index (χ1n) is 8.57. The van der Waals surface area contributed by atoms with E-state index in [2.05, 4.69) is 10.6 Å². The molecule has 2 saturated heterocycles. The minimum atomic E-state index is -0.0333. The number of benzene rings is 1. The topological polar surface area (TPSA) is 61.4 Å². The van der Waals surface area contributed by atoms with Crippen LogP contribution in [0.1, 0.15) is 29.6 Å². The molecule has 24 heavy (non-hydrogen) atoms. The van der Waals surface area contributed by atoms with Crippen LogP contribution in [0, 0.1) is 11.8 Å². The Balaban J connectivity index is 0.00000208. The Morgan fingerprint density at radius 3 is 2.71 bits per heavy atom. The van der Waals surface area contributed by atoms with Crippen LogP contribution in [-0.2, 0) is 4.79 Å². The minimum Gasteiger partial charge on any atom is -0.352 e. The molecule has 132 valence electrons. The van der Waals surface area contributed by atoms with Gasteiger partial charge in [-0.3, -0.25) is 9.59 Å². The fourth-order valence-electron chi connectivity index (χ4n) is 3.48. The Morgan fingerprint density at radius 1 is 1.21 bits per heavy atom. The molecular formula is C18H26ClN3O2. The summed E-state index contributed by atoms with van der Waals surface area (Å²) in [6.07, 6.45) is 3.05. The number of piperidine rings is 1. The van der Waals surface area contributed by atoms with E-state index in [1.54, 1.807) is 0 Å². The van der Waals surface area contributed by atoms with Crippen LogP contribution in [0.5, 0.6) is 0 Å². The summed E-state index contributed by atoms with van der Waals surface area (Å²) in [7, 11) is 0. The molecule has 0 spiro atoms. The minimum absolute atomic E-state index is 0. The molecule has 2 N–H and O–H groups in total. The van der Waals surface area contributed by atoms with Crippen molar-refractivity contribution in [3.63, 3.8) is 0 Å². The van der Waals surface area contributed by atoms with E-state index in [1.807, 2.05) is 35.2 Å². The van der Waals surface area contributed by atoms with Gasteiger partial charge in [-0.25, -0.2) is 0 Å². The summed E-state index contributed by atoms with van der Waals surface area (Å²) < 4.78 is 0. The summed E-state index contributed by atoms with van der Waals surface area (Å²) in [5.41, 5.74) is 0.688. The van der Waals surface area contributed by atoms with Crippen LogP contribution in [-0.4, -0.2) is 49.4 Å². The first kappa shape index (κ1) is 18.7. The number of halogens is 1. The summed E-state index contributed by atoms with van der Waals surface area (Å²) in [6, 6.07) is 9.27. The van der Waals surface area contributed by atoms with Crippen molar-refractivity contribution in [3.8, 4) is 0 Å². The van der Waals surface area contributed by atoms with Crippen LogP contribution < -0.4 is 10.6 Å². The van der Waals surface area contributed by atoms with E-state index in [0.717, 1.165) is 45.4 Å². The standard InChI is InChI=1S/C18H25N3O2.ClH/c22-17(15-6-2-1-3-7-15)20-11-14-5-4-10-21(13-14)18(23)16-8-9-19-12-16;/h1-3,6-7,14,16,19H,4-5,8-13H2,(H,20,22);1H. The molecule has 2 aliphatic heterocycles. The van der Waals surface area contributed by atoms with Crippen LogP contribution in [0.2, 0.25) is 0 Å². The maximum absolute atomic E-state index is 12.5. The highest BCUT2D eigenvalue weighted by Crippen LogP contribution is 2.20. The smallest absolute Gasteiger partial charge is 0.251 e. The quantitative estimate of drug-likeness (QED) is 0.867. The molecule has 5 nitrogen and oxygen atoms in total. The van der Waals surface area contributed by atoms with Crippen molar-refractivity contribution in [1.82, 2.24) is 15.5 Å². The number of carbonyl (C=O) groups is 2. The van der Waals surface area contributed by atoms with Crippen molar-refractivity contribution in [1.29, 1.82) is 0 Å². The van der Waals surface area contributed by atoms with Crippen molar-refractivity contribution >= 4 is 24.2 Å². The lowest BCUT2D eigenvalue weighted by atomic mass is 9.96. The lowest BCUT2D eigenvalue weighted by Gasteiger charge is -2.34. The Kier molecular flexibility index (Phi) is 7.06. The molecule has 2 fully saturated rings. The highest BCUT2D eigenvalue weighted by Gasteiger charge is 2.30. The van der Waals surface area contributed by atoms with Gasteiger partial charge in [-0.15, -0.1) is 12.4 Å². The predicted molar refractivity (Wildman–Crippen MR) is 96.3 cm³/mol. The van der Waals surface area contributed by atoms with Crippen LogP contribution in [0.25, 0.3) is 0 Å². The van der Waals surface area contributed by atoms with E-state index >= 15 is 0 Å². The molecule has 2 amide bonds.